The molecule has 0 bridgehead atoms. The molecule has 2 N–H and O–H groups in total. The number of methoxy groups -OCH3 is 1. The minimum absolute atomic E-state index is 0.669. The van der Waals surface area contributed by atoms with Crippen LogP contribution in [0, 0.1) is 13.8 Å². The summed E-state index contributed by atoms with van der Waals surface area (Å²) in [6.45, 7) is 6.28. The molecule has 0 aliphatic heterocycles. The van der Waals surface area contributed by atoms with Gasteiger partial charge in [0.15, 0.2) is 5.82 Å². The van der Waals surface area contributed by atoms with Crippen LogP contribution in [0.1, 0.15) is 16.8 Å². The lowest BCUT2D eigenvalue weighted by atomic mass is 10.1. The topological polar surface area (TPSA) is 94.1 Å². The first-order valence-corrected chi connectivity index (χ1v) is 12.8. The third-order valence-corrected chi connectivity index (χ3v) is 6.77. The van der Waals surface area contributed by atoms with Crippen molar-refractivity contribution in [2.75, 3.05) is 25.6 Å². The molecule has 9 heteroatoms. The fraction of sp³-hybridized carbons (Fsp3) is 0.214. The van der Waals surface area contributed by atoms with E-state index in [9.17, 15) is 0 Å². The first kappa shape index (κ1) is 24.8. The number of benzene rings is 2. The number of thiazole rings is 1. The minimum atomic E-state index is 0.669. The molecule has 37 heavy (non-hydrogen) atoms. The molecule has 188 valence electrons. The third-order valence-electron chi connectivity index (χ3n) is 5.76. The molecule has 3 aromatic heterocycles. The Hall–Kier alpha value is -3.92. The molecule has 0 amide bonds. The number of pyridine rings is 1. The number of hydrogen-bond donors (Lipinski definition) is 2. The standard InChI is InChI=1S/C28H28N6O2S/c1-18-14-22(9-11-24(18)36-23-10-4-19(2)30-16-23)33-26-25-28(32-17-31-26)37-27(34-25)21-7-5-20(6-8-21)15-29-12-13-35-3/h4-11,14,16-17,29H,12-13,15H2,1-3H3,(H,31,32,33). The number of rotatable bonds is 10. The van der Waals surface area contributed by atoms with E-state index in [4.69, 9.17) is 14.5 Å². The maximum atomic E-state index is 6.00. The molecular formula is C28H28N6O2S. The van der Waals surface area contributed by atoms with Gasteiger partial charge >= 0.3 is 0 Å². The Morgan fingerprint density at radius 3 is 2.57 bits per heavy atom. The molecule has 0 saturated carbocycles. The number of anilines is 2. The lowest BCUT2D eigenvalue weighted by Crippen LogP contribution is -2.18. The normalized spacial score (nSPS) is 11.1. The minimum Gasteiger partial charge on any atom is -0.455 e. The zero-order chi connectivity index (χ0) is 25.6. The molecule has 8 nitrogen and oxygen atoms in total. The van der Waals surface area contributed by atoms with Crippen LogP contribution < -0.4 is 15.4 Å². The number of nitrogens with one attached hydrogen (secondary N) is 2. The fourth-order valence-electron chi connectivity index (χ4n) is 3.76. The molecule has 0 atom stereocenters. The van der Waals surface area contributed by atoms with E-state index in [2.05, 4.69) is 49.9 Å². The second kappa shape index (κ2) is 11.4. The van der Waals surface area contributed by atoms with Crippen LogP contribution in [0.3, 0.4) is 0 Å². The first-order chi connectivity index (χ1) is 18.1. The Morgan fingerprint density at radius 1 is 0.946 bits per heavy atom. The molecule has 0 radical (unpaired) electrons. The van der Waals surface area contributed by atoms with Gasteiger partial charge in [-0.05, 0) is 55.3 Å². The van der Waals surface area contributed by atoms with Gasteiger partial charge in [-0.2, -0.15) is 0 Å². The van der Waals surface area contributed by atoms with Crippen molar-refractivity contribution >= 4 is 33.2 Å². The Kier molecular flexibility index (Phi) is 7.65. The highest BCUT2D eigenvalue weighted by atomic mass is 32.1. The van der Waals surface area contributed by atoms with Crippen LogP contribution in [0.25, 0.3) is 20.9 Å². The van der Waals surface area contributed by atoms with E-state index >= 15 is 0 Å². The Morgan fingerprint density at radius 2 is 1.81 bits per heavy atom. The lowest BCUT2D eigenvalue weighted by Gasteiger charge is -2.11. The summed E-state index contributed by atoms with van der Waals surface area (Å²) in [5, 5.41) is 7.67. The Bertz CT molecular complexity index is 1490. The molecule has 0 aliphatic carbocycles. The summed E-state index contributed by atoms with van der Waals surface area (Å²) in [5.41, 5.74) is 5.85. The maximum absolute atomic E-state index is 6.00. The van der Waals surface area contributed by atoms with Gasteiger partial charge in [0.1, 0.15) is 33.2 Å². The first-order valence-electron chi connectivity index (χ1n) is 12.0. The average molecular weight is 513 g/mol. The van der Waals surface area contributed by atoms with Crippen LogP contribution in [0.2, 0.25) is 0 Å². The molecule has 0 fully saturated rings. The van der Waals surface area contributed by atoms with Crippen LogP contribution in [0.5, 0.6) is 11.5 Å². The molecule has 3 heterocycles. The van der Waals surface area contributed by atoms with E-state index in [0.717, 1.165) is 56.7 Å². The van der Waals surface area contributed by atoms with Gasteiger partial charge in [0, 0.05) is 37.1 Å². The van der Waals surface area contributed by atoms with Crippen molar-refractivity contribution in [1.29, 1.82) is 0 Å². The predicted octanol–water partition coefficient (Wildman–Crippen LogP) is 6.04. The summed E-state index contributed by atoms with van der Waals surface area (Å²) in [6, 6.07) is 18.2. The van der Waals surface area contributed by atoms with Crippen LogP contribution >= 0.6 is 11.3 Å². The molecule has 0 aliphatic rings. The number of nitrogens with zero attached hydrogens (tertiary/aromatic N) is 4. The van der Waals surface area contributed by atoms with Gasteiger partial charge in [-0.25, -0.2) is 15.0 Å². The molecule has 5 rings (SSSR count). The third kappa shape index (κ3) is 6.08. The van der Waals surface area contributed by atoms with Crippen molar-refractivity contribution in [2.45, 2.75) is 20.4 Å². The van der Waals surface area contributed by atoms with Crippen molar-refractivity contribution in [3.05, 3.63) is 83.9 Å². The summed E-state index contributed by atoms with van der Waals surface area (Å²) in [5.74, 6) is 2.15. The maximum Gasteiger partial charge on any atom is 0.161 e. The van der Waals surface area contributed by atoms with Crippen molar-refractivity contribution in [2.24, 2.45) is 0 Å². The Labute approximate surface area is 219 Å². The predicted molar refractivity (Wildman–Crippen MR) is 148 cm³/mol. The molecule has 0 spiro atoms. The van der Waals surface area contributed by atoms with Crippen molar-refractivity contribution in [3.8, 4) is 22.1 Å². The van der Waals surface area contributed by atoms with Gasteiger partial charge in [0.2, 0.25) is 0 Å². The van der Waals surface area contributed by atoms with Gasteiger partial charge in [0.05, 0.1) is 12.8 Å². The van der Waals surface area contributed by atoms with Gasteiger partial charge in [-0.15, -0.1) is 0 Å². The molecular weight excluding hydrogens is 484 g/mol. The largest absolute Gasteiger partial charge is 0.455 e. The number of ether oxygens (including phenoxy) is 2. The monoisotopic (exact) mass is 512 g/mol. The van der Waals surface area contributed by atoms with Gasteiger partial charge < -0.3 is 20.1 Å². The summed E-state index contributed by atoms with van der Waals surface area (Å²) < 4.78 is 11.1. The second-order valence-electron chi connectivity index (χ2n) is 8.60. The molecule has 0 unspecified atom stereocenters. The fourth-order valence-corrected chi connectivity index (χ4v) is 4.67. The summed E-state index contributed by atoms with van der Waals surface area (Å²) in [4.78, 5) is 18.9. The summed E-state index contributed by atoms with van der Waals surface area (Å²) in [6.07, 6.45) is 3.29. The van der Waals surface area contributed by atoms with Gasteiger partial charge in [-0.3, -0.25) is 4.98 Å². The smallest absolute Gasteiger partial charge is 0.161 e. The van der Waals surface area contributed by atoms with E-state index < -0.39 is 0 Å². The number of aryl methyl sites for hydroxylation is 2. The van der Waals surface area contributed by atoms with Crippen LogP contribution in [0.4, 0.5) is 11.5 Å². The molecule has 0 saturated heterocycles. The van der Waals surface area contributed by atoms with Crippen molar-refractivity contribution in [3.63, 3.8) is 0 Å². The lowest BCUT2D eigenvalue weighted by molar-refractivity contribution is 0.199. The zero-order valence-corrected chi connectivity index (χ0v) is 21.8. The van der Waals surface area contributed by atoms with Crippen LogP contribution in [0.15, 0.2) is 67.1 Å². The molecule has 5 aromatic rings. The summed E-state index contributed by atoms with van der Waals surface area (Å²) in [7, 11) is 1.71. The SMILES string of the molecule is COCCNCc1ccc(-c2nc3c(Nc4ccc(Oc5ccc(C)nc5)c(C)c4)ncnc3s2)cc1. The van der Waals surface area contributed by atoms with Gasteiger partial charge in [0.25, 0.3) is 0 Å². The van der Waals surface area contributed by atoms with E-state index in [1.165, 1.54) is 5.56 Å². The van der Waals surface area contributed by atoms with Gasteiger partial charge in [-0.1, -0.05) is 35.6 Å². The number of aromatic nitrogens is 4. The number of fused-ring (bicyclic) bond motifs is 1. The highest BCUT2D eigenvalue weighted by molar-refractivity contribution is 7.21. The van der Waals surface area contributed by atoms with E-state index in [0.29, 0.717) is 18.2 Å². The van der Waals surface area contributed by atoms with Crippen LogP contribution in [-0.2, 0) is 11.3 Å². The second-order valence-corrected chi connectivity index (χ2v) is 9.58. The summed E-state index contributed by atoms with van der Waals surface area (Å²) >= 11 is 1.55. The number of hydrogen-bond acceptors (Lipinski definition) is 9. The van der Waals surface area contributed by atoms with E-state index in [-0.39, 0.29) is 0 Å². The highest BCUT2D eigenvalue weighted by Gasteiger charge is 2.13. The quantitative estimate of drug-likeness (QED) is 0.219. The van der Waals surface area contributed by atoms with E-state index in [1.807, 2.05) is 44.2 Å². The average Bonchev–Trinajstić information content (AvgIpc) is 3.35. The Balaban J connectivity index is 1.31. The van der Waals surface area contributed by atoms with Crippen molar-refractivity contribution < 1.29 is 9.47 Å². The zero-order valence-electron chi connectivity index (χ0n) is 21.0. The van der Waals surface area contributed by atoms with E-state index in [1.54, 1.807) is 31.0 Å². The van der Waals surface area contributed by atoms with Crippen LogP contribution in [-0.4, -0.2) is 40.2 Å². The van der Waals surface area contributed by atoms with Crippen molar-refractivity contribution in [1.82, 2.24) is 25.3 Å². The molecule has 2 aromatic carbocycles. The highest BCUT2D eigenvalue weighted by Crippen LogP contribution is 2.34.